The summed E-state index contributed by atoms with van der Waals surface area (Å²) in [5.41, 5.74) is 0.904. The first-order chi connectivity index (χ1) is 8.58. The molecule has 0 spiro atoms. The smallest absolute Gasteiger partial charge is 0.309 e. The Bertz CT molecular complexity index is 472. The molecule has 1 aromatic heterocycles. The normalized spacial score (nSPS) is 21.5. The molecule has 1 fully saturated rings. The number of methoxy groups -OCH3 is 1. The van der Waals surface area contributed by atoms with Crippen LogP contribution < -0.4 is 4.90 Å². The second-order valence-electron chi connectivity index (χ2n) is 4.33. The summed E-state index contributed by atoms with van der Waals surface area (Å²) >= 11 is 1.45. The number of ether oxygens (including phenoxy) is 1. The number of aryl methyl sites for hydroxylation is 1. The lowest BCUT2D eigenvalue weighted by atomic mass is 10.3. The number of thiazole rings is 1. The molecule has 6 heteroatoms. The molecule has 0 aromatic carbocycles. The fraction of sp³-hybridized carbons (Fsp3) is 0.583. The van der Waals surface area contributed by atoms with Crippen molar-refractivity contribution in [3.63, 3.8) is 0 Å². The number of nitrogens with zero attached hydrogens (tertiary/aromatic N) is 2. The molecule has 0 saturated heterocycles. The summed E-state index contributed by atoms with van der Waals surface area (Å²) in [7, 11) is 1.35. The summed E-state index contributed by atoms with van der Waals surface area (Å²) in [4.78, 5) is 29.6. The molecule has 2 rings (SSSR count). The van der Waals surface area contributed by atoms with Gasteiger partial charge in [0, 0.05) is 11.9 Å². The zero-order valence-electron chi connectivity index (χ0n) is 10.7. The third kappa shape index (κ3) is 2.38. The van der Waals surface area contributed by atoms with E-state index in [9.17, 15) is 9.59 Å². The van der Waals surface area contributed by atoms with E-state index in [4.69, 9.17) is 0 Å². The Labute approximate surface area is 110 Å². The summed E-state index contributed by atoms with van der Waals surface area (Å²) in [5.74, 6) is -0.818. The van der Waals surface area contributed by atoms with E-state index in [1.165, 1.54) is 18.4 Å². The summed E-state index contributed by atoms with van der Waals surface area (Å²) in [6, 6.07) is 0. The van der Waals surface area contributed by atoms with E-state index in [1.54, 1.807) is 4.90 Å². The Kier molecular flexibility index (Phi) is 3.65. The van der Waals surface area contributed by atoms with Crippen LogP contribution in [0.25, 0.3) is 0 Å². The third-order valence-corrected chi connectivity index (χ3v) is 4.01. The molecular formula is C12H16N2O3S. The van der Waals surface area contributed by atoms with E-state index in [-0.39, 0.29) is 23.7 Å². The lowest BCUT2D eigenvalue weighted by Gasteiger charge is -2.17. The van der Waals surface area contributed by atoms with Crippen LogP contribution in [0.1, 0.15) is 19.0 Å². The maximum Gasteiger partial charge on any atom is 0.309 e. The topological polar surface area (TPSA) is 59.5 Å². The molecule has 98 valence electrons. The second-order valence-corrected chi connectivity index (χ2v) is 5.16. The molecule has 1 aromatic rings. The highest BCUT2D eigenvalue weighted by Crippen LogP contribution is 2.41. The maximum absolute atomic E-state index is 12.3. The highest BCUT2D eigenvalue weighted by molar-refractivity contribution is 7.14. The molecular weight excluding hydrogens is 252 g/mol. The summed E-state index contributed by atoms with van der Waals surface area (Å²) in [6.07, 6.45) is 0.590. The molecule has 0 radical (unpaired) electrons. The zero-order chi connectivity index (χ0) is 13.3. The molecule has 1 amide bonds. The lowest BCUT2D eigenvalue weighted by Crippen LogP contribution is -2.33. The highest BCUT2D eigenvalue weighted by atomic mass is 32.1. The first kappa shape index (κ1) is 13.0. The standard InChI is InChI=1S/C12H16N2O3S/c1-4-14(12-13-7(2)6-18-12)10(15)8-5-9(8)11(16)17-3/h6,8-9H,4-5H2,1-3H3/t8-,9-/m0/s1. The van der Waals surface area contributed by atoms with Crippen molar-refractivity contribution in [3.05, 3.63) is 11.1 Å². The van der Waals surface area contributed by atoms with E-state index < -0.39 is 0 Å². The summed E-state index contributed by atoms with van der Waals surface area (Å²) in [5, 5.41) is 2.62. The van der Waals surface area contributed by atoms with Crippen LogP contribution in [0.5, 0.6) is 0 Å². The van der Waals surface area contributed by atoms with Crippen LogP contribution in [0.15, 0.2) is 5.38 Å². The van der Waals surface area contributed by atoms with Gasteiger partial charge >= 0.3 is 5.97 Å². The Hall–Kier alpha value is -1.43. The van der Waals surface area contributed by atoms with Gasteiger partial charge < -0.3 is 4.74 Å². The average molecular weight is 268 g/mol. The molecule has 1 saturated carbocycles. The molecule has 0 N–H and O–H groups in total. The summed E-state index contributed by atoms with van der Waals surface area (Å²) in [6.45, 7) is 4.37. The predicted octanol–water partition coefficient (Wildman–Crippen LogP) is 1.61. The van der Waals surface area contributed by atoms with Crippen molar-refractivity contribution < 1.29 is 14.3 Å². The van der Waals surface area contributed by atoms with Gasteiger partial charge in [-0.15, -0.1) is 11.3 Å². The van der Waals surface area contributed by atoms with Gasteiger partial charge in [0.25, 0.3) is 0 Å². The number of carbonyl (C=O) groups is 2. The Balaban J connectivity index is 2.06. The van der Waals surface area contributed by atoms with Crippen molar-refractivity contribution in [2.45, 2.75) is 20.3 Å². The molecule has 1 heterocycles. The molecule has 5 nitrogen and oxygen atoms in total. The van der Waals surface area contributed by atoms with Crippen molar-refractivity contribution in [1.29, 1.82) is 0 Å². The minimum Gasteiger partial charge on any atom is -0.469 e. The fourth-order valence-electron chi connectivity index (χ4n) is 1.93. The van der Waals surface area contributed by atoms with Crippen molar-refractivity contribution in [2.75, 3.05) is 18.6 Å². The third-order valence-electron chi connectivity index (χ3n) is 3.03. The van der Waals surface area contributed by atoms with Crippen LogP contribution in [0.4, 0.5) is 5.13 Å². The molecule has 2 atom stereocenters. The molecule has 0 bridgehead atoms. The van der Waals surface area contributed by atoms with Gasteiger partial charge in [0.2, 0.25) is 5.91 Å². The van der Waals surface area contributed by atoms with Crippen molar-refractivity contribution >= 4 is 28.3 Å². The van der Waals surface area contributed by atoms with Crippen LogP contribution >= 0.6 is 11.3 Å². The Morgan fingerprint density at radius 3 is 2.78 bits per heavy atom. The highest BCUT2D eigenvalue weighted by Gasteiger charge is 2.50. The van der Waals surface area contributed by atoms with Gasteiger partial charge in [0.1, 0.15) is 0 Å². The van der Waals surface area contributed by atoms with E-state index >= 15 is 0 Å². The van der Waals surface area contributed by atoms with Crippen LogP contribution in [0.3, 0.4) is 0 Å². The number of amides is 1. The van der Waals surface area contributed by atoms with Crippen LogP contribution in [-0.2, 0) is 14.3 Å². The van der Waals surface area contributed by atoms with E-state index in [0.717, 1.165) is 5.69 Å². The van der Waals surface area contributed by atoms with Gasteiger partial charge in [-0.25, -0.2) is 4.98 Å². The van der Waals surface area contributed by atoms with Crippen LogP contribution in [0, 0.1) is 18.8 Å². The molecule has 0 aliphatic heterocycles. The van der Waals surface area contributed by atoms with Crippen molar-refractivity contribution in [1.82, 2.24) is 4.98 Å². The monoisotopic (exact) mass is 268 g/mol. The maximum atomic E-state index is 12.3. The fourth-order valence-corrected chi connectivity index (χ4v) is 2.80. The van der Waals surface area contributed by atoms with E-state index in [2.05, 4.69) is 9.72 Å². The number of anilines is 1. The van der Waals surface area contributed by atoms with Gasteiger partial charge in [0.05, 0.1) is 24.6 Å². The quantitative estimate of drug-likeness (QED) is 0.778. The predicted molar refractivity (Wildman–Crippen MR) is 68.5 cm³/mol. The molecule has 0 unspecified atom stereocenters. The molecule has 18 heavy (non-hydrogen) atoms. The average Bonchev–Trinajstić information content (AvgIpc) is 3.06. The number of esters is 1. The number of aromatic nitrogens is 1. The lowest BCUT2D eigenvalue weighted by molar-refractivity contribution is -0.143. The van der Waals surface area contributed by atoms with Gasteiger partial charge in [-0.05, 0) is 20.3 Å². The SMILES string of the molecule is CCN(C(=O)[C@H]1C[C@@H]1C(=O)OC)c1nc(C)cs1. The van der Waals surface area contributed by atoms with Crippen LogP contribution in [0.2, 0.25) is 0 Å². The number of carbonyl (C=O) groups excluding carboxylic acids is 2. The van der Waals surface area contributed by atoms with Crippen molar-refractivity contribution in [3.8, 4) is 0 Å². The molecule has 1 aliphatic rings. The number of rotatable bonds is 4. The van der Waals surface area contributed by atoms with Gasteiger partial charge in [-0.1, -0.05) is 0 Å². The van der Waals surface area contributed by atoms with E-state index in [1.807, 2.05) is 19.2 Å². The van der Waals surface area contributed by atoms with Crippen LogP contribution in [-0.4, -0.2) is 30.5 Å². The zero-order valence-corrected chi connectivity index (χ0v) is 11.5. The Morgan fingerprint density at radius 1 is 1.56 bits per heavy atom. The largest absolute Gasteiger partial charge is 0.469 e. The minimum absolute atomic E-state index is 0.0257. The second kappa shape index (κ2) is 5.06. The van der Waals surface area contributed by atoms with Gasteiger partial charge in [-0.3, -0.25) is 14.5 Å². The van der Waals surface area contributed by atoms with E-state index in [0.29, 0.717) is 18.1 Å². The van der Waals surface area contributed by atoms with Gasteiger partial charge in [0.15, 0.2) is 5.13 Å². The number of hydrogen-bond donors (Lipinski definition) is 0. The molecule has 1 aliphatic carbocycles. The first-order valence-electron chi connectivity index (χ1n) is 5.89. The van der Waals surface area contributed by atoms with Crippen molar-refractivity contribution in [2.24, 2.45) is 11.8 Å². The summed E-state index contributed by atoms with van der Waals surface area (Å²) < 4.78 is 4.66. The minimum atomic E-state index is -0.292. The number of hydrogen-bond acceptors (Lipinski definition) is 5. The van der Waals surface area contributed by atoms with Gasteiger partial charge in [-0.2, -0.15) is 0 Å². The first-order valence-corrected chi connectivity index (χ1v) is 6.77. The Morgan fingerprint density at radius 2 is 2.28 bits per heavy atom.